The second-order valence-corrected chi connectivity index (χ2v) is 5.43. The maximum Gasteiger partial charge on any atom is 0.0446 e. The van der Waals surface area contributed by atoms with Crippen LogP contribution in [0.5, 0.6) is 0 Å². The average Bonchev–Trinajstić information content (AvgIpc) is 1.69. The Morgan fingerprint density at radius 1 is 1.00 bits per heavy atom. The van der Waals surface area contributed by atoms with Crippen molar-refractivity contribution in [2.75, 3.05) is 0 Å². The van der Waals surface area contributed by atoms with Gasteiger partial charge in [0, 0.05) is 8.80 Å². The summed E-state index contributed by atoms with van der Waals surface area (Å²) in [5.41, 5.74) is 0. The lowest BCUT2D eigenvalue weighted by atomic mass is 10.3. The molecule has 0 atom stereocenters. The highest BCUT2D eigenvalue weighted by molar-refractivity contribution is 6.57. The lowest BCUT2D eigenvalue weighted by molar-refractivity contribution is 0.725. The lowest BCUT2D eigenvalue weighted by Crippen LogP contribution is -2.09. The van der Waals surface area contributed by atoms with Crippen molar-refractivity contribution in [3.8, 4) is 0 Å². The third-order valence-corrected chi connectivity index (χ3v) is 4.12. The van der Waals surface area contributed by atoms with Gasteiger partial charge in [-0.15, -0.1) is 0 Å². The Morgan fingerprint density at radius 3 is 1.86 bits per heavy atom. The first-order valence-corrected chi connectivity index (χ1v) is 5.62. The summed E-state index contributed by atoms with van der Waals surface area (Å²) in [5.74, 6) is 0. The van der Waals surface area contributed by atoms with Crippen LogP contribution in [0.1, 0.15) is 19.3 Å². The highest BCUT2D eigenvalue weighted by Crippen LogP contribution is 2.17. The Kier molecular flexibility index (Phi) is 1.92. The fraction of sp³-hybridized carbons (Fsp3) is 1.00. The maximum atomic E-state index is 2.46. The van der Waals surface area contributed by atoms with Crippen molar-refractivity contribution in [1.29, 1.82) is 0 Å². The van der Waals surface area contributed by atoms with E-state index in [4.69, 9.17) is 0 Å². The van der Waals surface area contributed by atoms with Gasteiger partial charge in [0.2, 0.25) is 0 Å². The molecule has 0 N–H and O–H groups in total. The van der Waals surface area contributed by atoms with E-state index in [0.29, 0.717) is 0 Å². The van der Waals surface area contributed by atoms with Gasteiger partial charge >= 0.3 is 0 Å². The first kappa shape index (κ1) is 5.36. The number of rotatable bonds is 0. The summed E-state index contributed by atoms with van der Waals surface area (Å²) in [6.45, 7) is 2.46. The van der Waals surface area contributed by atoms with Crippen LogP contribution in [0.25, 0.3) is 0 Å². The standard InChI is InChI=1S/C6H13Si/c1-7-5-3-2-4-6-7/h2-6H2,1H3. The molecule has 0 saturated carbocycles. The molecule has 0 amide bonds. The van der Waals surface area contributed by atoms with E-state index in [-0.39, 0.29) is 8.80 Å². The van der Waals surface area contributed by atoms with Crippen molar-refractivity contribution in [3.05, 3.63) is 0 Å². The van der Waals surface area contributed by atoms with Gasteiger partial charge in [0.1, 0.15) is 0 Å². The Hall–Kier alpha value is 0.217. The van der Waals surface area contributed by atoms with Crippen LogP contribution in [0.3, 0.4) is 0 Å². The molecule has 1 aliphatic heterocycles. The van der Waals surface area contributed by atoms with Crippen molar-refractivity contribution in [2.24, 2.45) is 0 Å². The van der Waals surface area contributed by atoms with Crippen LogP contribution in [-0.4, -0.2) is 8.80 Å². The van der Waals surface area contributed by atoms with E-state index in [1.54, 1.807) is 12.1 Å². The SMILES string of the molecule is C[Si]1CCCCC1. The molecule has 0 bridgehead atoms. The normalized spacial score (nSPS) is 25.3. The van der Waals surface area contributed by atoms with Crippen molar-refractivity contribution in [1.82, 2.24) is 0 Å². The Balaban J connectivity index is 2.12. The summed E-state index contributed by atoms with van der Waals surface area (Å²) >= 11 is 0. The molecule has 41 valence electrons. The zero-order valence-electron chi connectivity index (χ0n) is 5.04. The molecule has 0 nitrogen and oxygen atoms in total. The first-order chi connectivity index (χ1) is 3.39. The van der Waals surface area contributed by atoms with Crippen LogP contribution >= 0.6 is 0 Å². The minimum atomic E-state index is 0.207. The summed E-state index contributed by atoms with van der Waals surface area (Å²) in [7, 11) is 0.207. The number of hydrogen-bond acceptors (Lipinski definition) is 0. The highest BCUT2D eigenvalue weighted by Gasteiger charge is 2.07. The van der Waals surface area contributed by atoms with Gasteiger partial charge < -0.3 is 0 Å². The molecule has 0 unspecified atom stereocenters. The molecule has 0 aliphatic carbocycles. The van der Waals surface area contributed by atoms with Crippen LogP contribution in [0.4, 0.5) is 0 Å². The summed E-state index contributed by atoms with van der Waals surface area (Å²) in [6, 6.07) is 3.18. The quantitative estimate of drug-likeness (QED) is 0.423. The monoisotopic (exact) mass is 113 g/mol. The molecule has 1 saturated heterocycles. The lowest BCUT2D eigenvalue weighted by Gasteiger charge is -2.13. The molecule has 7 heavy (non-hydrogen) atoms. The summed E-state index contributed by atoms with van der Waals surface area (Å²) in [6.07, 6.45) is 4.58. The Morgan fingerprint density at radius 2 is 1.57 bits per heavy atom. The van der Waals surface area contributed by atoms with Gasteiger partial charge in [0.15, 0.2) is 0 Å². The van der Waals surface area contributed by atoms with E-state index in [1.165, 1.54) is 19.3 Å². The van der Waals surface area contributed by atoms with Crippen LogP contribution in [-0.2, 0) is 0 Å². The Bertz CT molecular complexity index is 46.1. The van der Waals surface area contributed by atoms with Gasteiger partial charge in [-0.3, -0.25) is 0 Å². The van der Waals surface area contributed by atoms with Gasteiger partial charge in [-0.05, 0) is 0 Å². The zero-order valence-corrected chi connectivity index (χ0v) is 6.04. The molecule has 1 radical (unpaired) electrons. The van der Waals surface area contributed by atoms with E-state index in [1.807, 2.05) is 0 Å². The topological polar surface area (TPSA) is 0 Å². The molecule has 0 aromatic rings. The van der Waals surface area contributed by atoms with Gasteiger partial charge in [0.25, 0.3) is 0 Å². The minimum Gasteiger partial charge on any atom is -0.0711 e. The molecule has 1 aliphatic rings. The molecule has 1 heterocycles. The van der Waals surface area contributed by atoms with Crippen LogP contribution in [0, 0.1) is 0 Å². The van der Waals surface area contributed by atoms with E-state index in [2.05, 4.69) is 6.55 Å². The first-order valence-electron chi connectivity index (χ1n) is 3.21. The van der Waals surface area contributed by atoms with Crippen molar-refractivity contribution < 1.29 is 0 Å². The van der Waals surface area contributed by atoms with E-state index in [0.717, 1.165) is 0 Å². The zero-order chi connectivity index (χ0) is 5.11. The largest absolute Gasteiger partial charge is 0.0711 e. The highest BCUT2D eigenvalue weighted by atomic mass is 28.3. The minimum absolute atomic E-state index is 0.207. The summed E-state index contributed by atoms with van der Waals surface area (Å²) < 4.78 is 0. The predicted octanol–water partition coefficient (Wildman–Crippen LogP) is 2.29. The third kappa shape index (κ3) is 1.64. The van der Waals surface area contributed by atoms with Gasteiger partial charge in [0.05, 0.1) is 0 Å². The molecular formula is C6H13Si. The molecule has 0 aromatic carbocycles. The molecule has 1 rings (SSSR count). The molecule has 1 heteroatoms. The second kappa shape index (κ2) is 2.51. The van der Waals surface area contributed by atoms with Crippen LogP contribution in [0.15, 0.2) is 0 Å². The fourth-order valence-corrected chi connectivity index (χ4v) is 3.11. The van der Waals surface area contributed by atoms with Crippen LogP contribution in [0.2, 0.25) is 18.6 Å². The van der Waals surface area contributed by atoms with Crippen molar-refractivity contribution >= 4 is 8.80 Å². The summed E-state index contributed by atoms with van der Waals surface area (Å²) in [4.78, 5) is 0. The maximum absolute atomic E-state index is 2.46. The molecule has 0 spiro atoms. The number of hydrogen-bond donors (Lipinski definition) is 0. The van der Waals surface area contributed by atoms with Crippen molar-refractivity contribution in [3.63, 3.8) is 0 Å². The third-order valence-electron chi connectivity index (χ3n) is 1.71. The summed E-state index contributed by atoms with van der Waals surface area (Å²) in [5, 5.41) is 0. The molecular weight excluding hydrogens is 100 g/mol. The van der Waals surface area contributed by atoms with E-state index < -0.39 is 0 Å². The molecule has 0 aromatic heterocycles. The van der Waals surface area contributed by atoms with E-state index >= 15 is 0 Å². The second-order valence-electron chi connectivity index (χ2n) is 2.52. The smallest absolute Gasteiger partial charge is 0.0446 e. The van der Waals surface area contributed by atoms with Crippen molar-refractivity contribution in [2.45, 2.75) is 37.9 Å². The van der Waals surface area contributed by atoms with Gasteiger partial charge in [-0.2, -0.15) is 0 Å². The van der Waals surface area contributed by atoms with Crippen LogP contribution < -0.4 is 0 Å². The predicted molar refractivity (Wildman–Crippen MR) is 35.1 cm³/mol. The average molecular weight is 113 g/mol. The Labute approximate surface area is 47.5 Å². The fourth-order valence-electron chi connectivity index (χ4n) is 1.16. The van der Waals surface area contributed by atoms with Gasteiger partial charge in [-0.25, -0.2) is 0 Å². The molecule has 1 fully saturated rings. The van der Waals surface area contributed by atoms with E-state index in [9.17, 15) is 0 Å². The van der Waals surface area contributed by atoms with Gasteiger partial charge in [-0.1, -0.05) is 37.9 Å².